The molecule has 0 spiro atoms. The second kappa shape index (κ2) is 8.63. The predicted octanol–water partition coefficient (Wildman–Crippen LogP) is 4.43. The smallest absolute Gasteiger partial charge is 0.171 e. The molecule has 122 valence electrons. The van der Waals surface area contributed by atoms with Crippen molar-refractivity contribution in [1.29, 1.82) is 0 Å². The van der Waals surface area contributed by atoms with Crippen LogP contribution >= 0.6 is 12.2 Å². The number of rotatable bonds is 6. The van der Waals surface area contributed by atoms with E-state index in [4.69, 9.17) is 12.2 Å². The summed E-state index contributed by atoms with van der Waals surface area (Å²) in [5, 5.41) is 6.94. The molecule has 0 aliphatic heterocycles. The SMILES string of the molecule is Cc1ccc(NC(=S)NCCCc2ccc(C(C)C)cc2)nc1. The Morgan fingerprint density at radius 1 is 1.13 bits per heavy atom. The molecule has 3 nitrogen and oxygen atoms in total. The minimum atomic E-state index is 0.588. The van der Waals surface area contributed by atoms with E-state index in [1.54, 1.807) is 0 Å². The number of aryl methyl sites for hydroxylation is 2. The van der Waals surface area contributed by atoms with Gasteiger partial charge in [-0.25, -0.2) is 4.98 Å². The Labute approximate surface area is 144 Å². The maximum Gasteiger partial charge on any atom is 0.171 e. The lowest BCUT2D eigenvalue weighted by molar-refractivity contribution is 0.776. The van der Waals surface area contributed by atoms with Gasteiger partial charge in [-0.15, -0.1) is 0 Å². The predicted molar refractivity (Wildman–Crippen MR) is 102 cm³/mol. The van der Waals surface area contributed by atoms with Crippen molar-refractivity contribution in [3.8, 4) is 0 Å². The van der Waals surface area contributed by atoms with Crippen molar-refractivity contribution in [3.63, 3.8) is 0 Å². The van der Waals surface area contributed by atoms with Gasteiger partial charge in [0.25, 0.3) is 0 Å². The summed E-state index contributed by atoms with van der Waals surface area (Å²) in [4.78, 5) is 4.28. The van der Waals surface area contributed by atoms with Crippen LogP contribution in [-0.4, -0.2) is 16.6 Å². The Hall–Kier alpha value is -1.94. The Bertz CT molecular complexity index is 618. The van der Waals surface area contributed by atoms with E-state index in [1.807, 2.05) is 25.3 Å². The number of aromatic nitrogens is 1. The van der Waals surface area contributed by atoms with Gasteiger partial charge in [0.1, 0.15) is 5.82 Å². The van der Waals surface area contributed by atoms with Gasteiger partial charge in [0.05, 0.1) is 0 Å². The number of nitrogens with zero attached hydrogens (tertiary/aromatic N) is 1. The van der Waals surface area contributed by atoms with Gasteiger partial charge in [-0.1, -0.05) is 44.2 Å². The summed E-state index contributed by atoms with van der Waals surface area (Å²) in [5.41, 5.74) is 3.90. The normalized spacial score (nSPS) is 10.6. The molecule has 1 heterocycles. The van der Waals surface area contributed by atoms with Crippen LogP contribution < -0.4 is 10.6 Å². The minimum Gasteiger partial charge on any atom is -0.362 e. The first-order valence-electron chi connectivity index (χ1n) is 8.11. The van der Waals surface area contributed by atoms with Gasteiger partial charge in [0.15, 0.2) is 5.11 Å². The molecule has 0 radical (unpaired) electrons. The van der Waals surface area contributed by atoms with E-state index in [2.05, 4.69) is 53.7 Å². The van der Waals surface area contributed by atoms with E-state index in [9.17, 15) is 0 Å². The molecule has 0 unspecified atom stereocenters. The van der Waals surface area contributed by atoms with Crippen LogP contribution in [0.15, 0.2) is 42.6 Å². The van der Waals surface area contributed by atoms with Crippen LogP contribution in [0.2, 0.25) is 0 Å². The summed E-state index contributed by atoms with van der Waals surface area (Å²) in [6.07, 6.45) is 3.92. The number of thiocarbonyl (C=S) groups is 1. The van der Waals surface area contributed by atoms with Gasteiger partial charge in [-0.2, -0.15) is 0 Å². The van der Waals surface area contributed by atoms with Crippen molar-refractivity contribution in [2.45, 2.75) is 39.5 Å². The molecule has 4 heteroatoms. The molecule has 0 amide bonds. The van der Waals surface area contributed by atoms with Crippen LogP contribution in [0.3, 0.4) is 0 Å². The van der Waals surface area contributed by atoms with Crippen molar-refractivity contribution in [1.82, 2.24) is 10.3 Å². The van der Waals surface area contributed by atoms with E-state index in [0.29, 0.717) is 11.0 Å². The highest BCUT2D eigenvalue weighted by Gasteiger charge is 2.00. The van der Waals surface area contributed by atoms with Crippen molar-refractivity contribution in [2.24, 2.45) is 0 Å². The standard InChI is InChI=1S/C19H25N3S/c1-14(2)17-9-7-16(8-10-17)5-4-12-20-19(23)22-18-11-6-15(3)13-21-18/h6-11,13-14H,4-5,12H2,1-3H3,(H2,20,21,22,23). The number of hydrogen-bond acceptors (Lipinski definition) is 2. The molecular weight excluding hydrogens is 302 g/mol. The molecule has 0 aliphatic rings. The van der Waals surface area contributed by atoms with Crippen LogP contribution in [-0.2, 0) is 6.42 Å². The van der Waals surface area contributed by atoms with Crippen molar-refractivity contribution >= 4 is 23.1 Å². The first kappa shape index (κ1) is 17.4. The minimum absolute atomic E-state index is 0.588. The van der Waals surface area contributed by atoms with Crippen molar-refractivity contribution in [3.05, 3.63) is 59.3 Å². The molecule has 0 atom stereocenters. The fourth-order valence-electron chi connectivity index (χ4n) is 2.27. The van der Waals surface area contributed by atoms with Crippen LogP contribution in [0.25, 0.3) is 0 Å². The van der Waals surface area contributed by atoms with Crippen LogP contribution in [0.5, 0.6) is 0 Å². The molecule has 0 fully saturated rings. The molecule has 23 heavy (non-hydrogen) atoms. The van der Waals surface area contributed by atoms with Gasteiger partial charge >= 0.3 is 0 Å². The van der Waals surface area contributed by atoms with E-state index >= 15 is 0 Å². The molecule has 2 N–H and O–H groups in total. The first-order valence-corrected chi connectivity index (χ1v) is 8.52. The molecule has 1 aromatic heterocycles. The quantitative estimate of drug-likeness (QED) is 0.608. The second-order valence-corrected chi connectivity index (χ2v) is 6.51. The third kappa shape index (κ3) is 5.99. The fourth-order valence-corrected chi connectivity index (χ4v) is 2.47. The van der Waals surface area contributed by atoms with E-state index in [-0.39, 0.29) is 0 Å². The molecule has 0 bridgehead atoms. The van der Waals surface area contributed by atoms with E-state index in [0.717, 1.165) is 30.8 Å². The zero-order valence-corrected chi connectivity index (χ0v) is 14.9. The highest BCUT2D eigenvalue weighted by molar-refractivity contribution is 7.80. The second-order valence-electron chi connectivity index (χ2n) is 6.10. The van der Waals surface area contributed by atoms with E-state index in [1.165, 1.54) is 11.1 Å². The largest absolute Gasteiger partial charge is 0.362 e. The Morgan fingerprint density at radius 3 is 2.48 bits per heavy atom. The van der Waals surface area contributed by atoms with Crippen LogP contribution in [0, 0.1) is 6.92 Å². The molecular formula is C19H25N3S. The van der Waals surface area contributed by atoms with Gasteiger partial charge in [-0.05, 0) is 60.7 Å². The summed E-state index contributed by atoms with van der Waals surface area (Å²) in [6, 6.07) is 12.8. The zero-order chi connectivity index (χ0) is 16.7. The van der Waals surface area contributed by atoms with Gasteiger partial charge < -0.3 is 10.6 Å². The number of pyridine rings is 1. The molecule has 1 aromatic carbocycles. The van der Waals surface area contributed by atoms with Gasteiger partial charge in [0.2, 0.25) is 0 Å². The first-order chi connectivity index (χ1) is 11.0. The monoisotopic (exact) mass is 327 g/mol. The van der Waals surface area contributed by atoms with Crippen molar-refractivity contribution < 1.29 is 0 Å². The summed E-state index contributed by atoms with van der Waals surface area (Å²) in [5.74, 6) is 1.36. The Kier molecular flexibility index (Phi) is 6.53. The number of anilines is 1. The molecule has 2 rings (SSSR count). The number of benzene rings is 1. The third-order valence-electron chi connectivity index (χ3n) is 3.73. The molecule has 2 aromatic rings. The highest BCUT2D eigenvalue weighted by Crippen LogP contribution is 2.15. The van der Waals surface area contributed by atoms with Gasteiger partial charge in [-0.3, -0.25) is 0 Å². The molecule has 0 saturated carbocycles. The lowest BCUT2D eigenvalue weighted by Gasteiger charge is -2.10. The topological polar surface area (TPSA) is 37.0 Å². The van der Waals surface area contributed by atoms with E-state index < -0.39 is 0 Å². The average Bonchev–Trinajstić information content (AvgIpc) is 2.54. The Morgan fingerprint density at radius 2 is 1.87 bits per heavy atom. The molecule has 0 saturated heterocycles. The average molecular weight is 327 g/mol. The maximum absolute atomic E-state index is 5.28. The number of hydrogen-bond donors (Lipinski definition) is 2. The number of nitrogens with one attached hydrogen (secondary N) is 2. The molecule has 0 aliphatic carbocycles. The summed E-state index contributed by atoms with van der Waals surface area (Å²) in [7, 11) is 0. The lowest BCUT2D eigenvalue weighted by atomic mass is 10.0. The Balaban J connectivity index is 1.68. The maximum atomic E-state index is 5.28. The summed E-state index contributed by atoms with van der Waals surface area (Å²) in [6.45, 7) is 7.30. The third-order valence-corrected chi connectivity index (χ3v) is 3.97. The van der Waals surface area contributed by atoms with Crippen LogP contribution in [0.4, 0.5) is 5.82 Å². The summed E-state index contributed by atoms with van der Waals surface area (Å²) >= 11 is 5.28. The highest BCUT2D eigenvalue weighted by atomic mass is 32.1. The summed E-state index contributed by atoms with van der Waals surface area (Å²) < 4.78 is 0. The van der Waals surface area contributed by atoms with Crippen molar-refractivity contribution in [2.75, 3.05) is 11.9 Å². The van der Waals surface area contributed by atoms with Crippen LogP contribution in [0.1, 0.15) is 42.9 Å². The fraction of sp³-hybridized carbons (Fsp3) is 0.368. The zero-order valence-electron chi connectivity index (χ0n) is 14.1. The lowest BCUT2D eigenvalue weighted by Crippen LogP contribution is -2.29. The van der Waals surface area contributed by atoms with Gasteiger partial charge in [0, 0.05) is 12.7 Å².